The van der Waals surface area contributed by atoms with Crippen LogP contribution in [0, 0.1) is 0 Å². The highest BCUT2D eigenvalue weighted by molar-refractivity contribution is 7.16. The van der Waals surface area contributed by atoms with Gasteiger partial charge in [-0.3, -0.25) is 14.6 Å². The third-order valence-electron chi connectivity index (χ3n) is 6.15. The number of anilines is 2. The van der Waals surface area contributed by atoms with Gasteiger partial charge in [-0.1, -0.05) is 31.5 Å². The Morgan fingerprint density at radius 2 is 2.03 bits per heavy atom. The van der Waals surface area contributed by atoms with Crippen molar-refractivity contribution in [1.82, 2.24) is 4.98 Å². The smallest absolute Gasteiger partial charge is 0.277 e. The maximum absolute atomic E-state index is 13.4. The predicted molar refractivity (Wildman–Crippen MR) is 133 cm³/mol. The highest BCUT2D eigenvalue weighted by Crippen LogP contribution is 2.41. The van der Waals surface area contributed by atoms with Crippen molar-refractivity contribution in [2.24, 2.45) is 4.99 Å². The molecule has 3 heterocycles. The summed E-state index contributed by atoms with van der Waals surface area (Å²) in [6.45, 7) is 2.78. The van der Waals surface area contributed by atoms with Gasteiger partial charge in [0.25, 0.3) is 11.8 Å². The van der Waals surface area contributed by atoms with Gasteiger partial charge < -0.3 is 10.2 Å². The highest BCUT2D eigenvalue weighted by atomic mass is 32.1. The van der Waals surface area contributed by atoms with Crippen molar-refractivity contribution in [1.29, 1.82) is 0 Å². The lowest BCUT2D eigenvalue weighted by atomic mass is 9.95. The number of carbonyl (C=O) groups is 2. The number of aromatic nitrogens is 1. The number of unbranched alkanes of at least 4 members (excludes halogenated alkanes) is 1. The molecule has 0 saturated heterocycles. The molecule has 2 aromatic heterocycles. The molecule has 1 aromatic carbocycles. The molecule has 2 aliphatic rings. The number of carbonyl (C=O) groups excluding carboxylic acids is 2. The van der Waals surface area contributed by atoms with Gasteiger partial charge in [-0.05, 0) is 55.9 Å². The number of benzene rings is 1. The van der Waals surface area contributed by atoms with E-state index in [1.807, 2.05) is 35.2 Å². The van der Waals surface area contributed by atoms with Gasteiger partial charge in [0.2, 0.25) is 0 Å². The molecular formula is C26H26N4O2S. The summed E-state index contributed by atoms with van der Waals surface area (Å²) in [6, 6.07) is 11.4. The van der Waals surface area contributed by atoms with E-state index >= 15 is 0 Å². The van der Waals surface area contributed by atoms with Crippen molar-refractivity contribution in [2.45, 2.75) is 45.4 Å². The number of rotatable bonds is 6. The number of amides is 2. The first-order chi connectivity index (χ1) is 16.2. The van der Waals surface area contributed by atoms with Gasteiger partial charge in [-0.25, -0.2) is 4.99 Å². The van der Waals surface area contributed by atoms with Crippen LogP contribution in [0.15, 0.2) is 53.8 Å². The van der Waals surface area contributed by atoms with Crippen LogP contribution in [0.5, 0.6) is 0 Å². The van der Waals surface area contributed by atoms with Crippen LogP contribution in [0.3, 0.4) is 0 Å². The lowest BCUT2D eigenvalue weighted by Crippen LogP contribution is -2.30. The Morgan fingerprint density at radius 3 is 2.85 bits per heavy atom. The molecule has 0 saturated carbocycles. The van der Waals surface area contributed by atoms with Crippen molar-refractivity contribution >= 4 is 45.2 Å². The second-order valence-corrected chi connectivity index (χ2v) is 9.46. The Bertz CT molecular complexity index is 1230. The zero-order chi connectivity index (χ0) is 22.8. The molecule has 168 valence electrons. The molecule has 7 heteroatoms. The third kappa shape index (κ3) is 4.09. The molecule has 1 aliphatic carbocycles. The third-order valence-corrected chi connectivity index (χ3v) is 7.33. The SMILES string of the molecule is CCCCN1C(=O)C(=Nc2sc3c(c2C(=O)Nc2cccnc2)CCCC3)c2ccccc21. The molecular weight excluding hydrogens is 432 g/mol. The van der Waals surface area contributed by atoms with Crippen molar-refractivity contribution in [2.75, 3.05) is 16.8 Å². The number of thiophene rings is 1. The molecule has 6 nitrogen and oxygen atoms in total. The van der Waals surface area contributed by atoms with Crippen molar-refractivity contribution in [3.63, 3.8) is 0 Å². The number of hydrogen-bond donors (Lipinski definition) is 1. The minimum absolute atomic E-state index is 0.0883. The van der Waals surface area contributed by atoms with Gasteiger partial charge in [-0.2, -0.15) is 0 Å². The molecule has 1 aliphatic heterocycles. The number of para-hydroxylation sites is 1. The number of hydrogen-bond acceptors (Lipinski definition) is 5. The topological polar surface area (TPSA) is 74.7 Å². The number of nitrogens with one attached hydrogen (secondary N) is 1. The summed E-state index contributed by atoms with van der Waals surface area (Å²) in [5.41, 5.74) is 4.48. The fourth-order valence-corrected chi connectivity index (χ4v) is 5.77. The maximum atomic E-state index is 13.4. The fourth-order valence-electron chi connectivity index (χ4n) is 4.50. The second kappa shape index (κ2) is 9.27. The van der Waals surface area contributed by atoms with Crippen LogP contribution in [0.1, 0.15) is 59.0 Å². The van der Waals surface area contributed by atoms with E-state index in [4.69, 9.17) is 4.99 Å². The second-order valence-electron chi connectivity index (χ2n) is 8.37. The summed E-state index contributed by atoms with van der Waals surface area (Å²) >= 11 is 1.55. The first-order valence-electron chi connectivity index (χ1n) is 11.5. The summed E-state index contributed by atoms with van der Waals surface area (Å²) in [5, 5.41) is 3.59. The van der Waals surface area contributed by atoms with E-state index in [1.165, 1.54) is 4.88 Å². The van der Waals surface area contributed by atoms with Crippen molar-refractivity contribution in [3.05, 3.63) is 70.4 Å². The standard InChI is InChI=1S/C26H26N4O2S/c1-2-3-15-30-20-12-6-4-10-18(20)23(26(30)32)29-25-22(19-11-5-7-13-21(19)33-25)24(31)28-17-9-8-14-27-16-17/h4,6,8-10,12,14,16H,2-3,5,7,11,13,15H2,1H3,(H,28,31). The molecule has 0 fully saturated rings. The van der Waals surface area contributed by atoms with Gasteiger partial charge in [0, 0.05) is 23.2 Å². The van der Waals surface area contributed by atoms with Crippen LogP contribution in [0.4, 0.5) is 16.4 Å². The summed E-state index contributed by atoms with van der Waals surface area (Å²) in [6.07, 6.45) is 9.22. The van der Waals surface area contributed by atoms with Crippen LogP contribution in [0.25, 0.3) is 0 Å². The number of pyridine rings is 1. The van der Waals surface area contributed by atoms with Crippen LogP contribution >= 0.6 is 11.3 Å². The van der Waals surface area contributed by atoms with Gasteiger partial charge in [0.05, 0.1) is 23.1 Å². The monoisotopic (exact) mass is 458 g/mol. The number of fused-ring (bicyclic) bond motifs is 2. The number of nitrogens with zero attached hydrogens (tertiary/aromatic N) is 3. The molecule has 5 rings (SSSR count). The molecule has 33 heavy (non-hydrogen) atoms. The molecule has 3 aromatic rings. The first kappa shape index (κ1) is 21.5. The molecule has 0 unspecified atom stereocenters. The van der Waals surface area contributed by atoms with E-state index in [0.29, 0.717) is 28.5 Å². The molecule has 1 N–H and O–H groups in total. The fraction of sp³-hybridized carbons (Fsp3) is 0.308. The van der Waals surface area contributed by atoms with E-state index in [2.05, 4.69) is 17.2 Å². The molecule has 0 atom stereocenters. The lowest BCUT2D eigenvalue weighted by Gasteiger charge is -2.15. The minimum atomic E-state index is -0.191. The Balaban J connectivity index is 1.58. The number of aliphatic imine (C=N–C) groups is 1. The van der Waals surface area contributed by atoms with Crippen molar-refractivity contribution in [3.8, 4) is 0 Å². The largest absolute Gasteiger partial charge is 0.320 e. The summed E-state index contributed by atoms with van der Waals surface area (Å²) < 4.78 is 0. The first-order valence-corrected chi connectivity index (χ1v) is 12.3. The van der Waals surface area contributed by atoms with E-state index in [0.717, 1.165) is 55.3 Å². The minimum Gasteiger partial charge on any atom is -0.320 e. The Kier molecular flexibility index (Phi) is 6.05. The predicted octanol–water partition coefficient (Wildman–Crippen LogP) is 5.54. The van der Waals surface area contributed by atoms with Crippen LogP contribution in [-0.2, 0) is 17.6 Å². The quantitative estimate of drug-likeness (QED) is 0.527. The lowest BCUT2D eigenvalue weighted by molar-refractivity contribution is -0.112. The molecule has 2 amide bonds. The zero-order valence-electron chi connectivity index (χ0n) is 18.6. The summed E-state index contributed by atoms with van der Waals surface area (Å²) in [7, 11) is 0. The van der Waals surface area contributed by atoms with E-state index < -0.39 is 0 Å². The van der Waals surface area contributed by atoms with E-state index in [1.54, 1.807) is 29.8 Å². The zero-order valence-corrected chi connectivity index (χ0v) is 19.5. The number of aryl methyl sites for hydroxylation is 1. The Hall–Kier alpha value is -3.32. The van der Waals surface area contributed by atoms with Gasteiger partial charge in [-0.15, -0.1) is 11.3 Å². The molecule has 0 radical (unpaired) electrons. The maximum Gasteiger partial charge on any atom is 0.277 e. The molecule has 0 bridgehead atoms. The molecule has 0 spiro atoms. The summed E-state index contributed by atoms with van der Waals surface area (Å²) in [5.74, 6) is -0.280. The normalized spacial score (nSPS) is 16.1. The van der Waals surface area contributed by atoms with Crippen molar-refractivity contribution < 1.29 is 9.59 Å². The van der Waals surface area contributed by atoms with E-state index in [-0.39, 0.29) is 11.8 Å². The average molecular weight is 459 g/mol. The van der Waals surface area contributed by atoms with Gasteiger partial charge in [0.1, 0.15) is 10.7 Å². The van der Waals surface area contributed by atoms with Crippen LogP contribution in [0.2, 0.25) is 0 Å². The average Bonchev–Trinajstić information content (AvgIpc) is 3.33. The van der Waals surface area contributed by atoms with Gasteiger partial charge in [0.15, 0.2) is 0 Å². The Labute approximate surface area is 197 Å². The highest BCUT2D eigenvalue weighted by Gasteiger charge is 2.34. The van der Waals surface area contributed by atoms with Crippen LogP contribution < -0.4 is 10.2 Å². The van der Waals surface area contributed by atoms with Crippen LogP contribution in [-0.4, -0.2) is 29.1 Å². The Morgan fingerprint density at radius 1 is 1.18 bits per heavy atom. The summed E-state index contributed by atoms with van der Waals surface area (Å²) in [4.78, 5) is 38.7. The van der Waals surface area contributed by atoms with Gasteiger partial charge >= 0.3 is 0 Å². The van der Waals surface area contributed by atoms with E-state index in [9.17, 15) is 9.59 Å².